The van der Waals surface area contributed by atoms with Gasteiger partial charge in [-0.1, -0.05) is 55.5 Å². The van der Waals surface area contributed by atoms with Crippen molar-refractivity contribution in [3.63, 3.8) is 0 Å². The van der Waals surface area contributed by atoms with Gasteiger partial charge in [0.1, 0.15) is 0 Å². The minimum atomic E-state index is -0.208. The van der Waals surface area contributed by atoms with Gasteiger partial charge in [-0.05, 0) is 42.5 Å². The summed E-state index contributed by atoms with van der Waals surface area (Å²) < 4.78 is 0. The van der Waals surface area contributed by atoms with Crippen molar-refractivity contribution in [1.82, 2.24) is 9.80 Å². The van der Waals surface area contributed by atoms with E-state index in [0.717, 1.165) is 23.2 Å². The van der Waals surface area contributed by atoms with Gasteiger partial charge < -0.3 is 15.1 Å². The molecule has 0 spiro atoms. The van der Waals surface area contributed by atoms with Gasteiger partial charge in [0.15, 0.2) is 0 Å². The molecule has 168 valence electrons. The van der Waals surface area contributed by atoms with Crippen molar-refractivity contribution in [1.29, 1.82) is 0 Å². The highest BCUT2D eigenvalue weighted by atomic mass is 16.2. The number of anilines is 1. The van der Waals surface area contributed by atoms with Crippen molar-refractivity contribution in [3.05, 3.63) is 71.8 Å². The lowest BCUT2D eigenvalue weighted by atomic mass is 9.95. The third kappa shape index (κ3) is 6.30. The number of aryl methyl sites for hydroxylation is 1. The number of nitrogens with one attached hydrogen (secondary N) is 1. The van der Waals surface area contributed by atoms with Crippen LogP contribution >= 0.6 is 0 Å². The average Bonchev–Trinajstić information content (AvgIpc) is 2.83. The highest BCUT2D eigenvalue weighted by molar-refractivity contribution is 5.95. The third-order valence-electron chi connectivity index (χ3n) is 5.80. The van der Waals surface area contributed by atoms with E-state index in [1.165, 1.54) is 4.90 Å². The molecule has 1 N–H and O–H groups in total. The molecule has 3 rings (SSSR count). The number of nitrogens with zero attached hydrogens (tertiary/aromatic N) is 2. The third-order valence-corrected chi connectivity index (χ3v) is 5.80. The monoisotopic (exact) mass is 433 g/mol. The Morgan fingerprint density at radius 1 is 1.03 bits per heavy atom. The Hall–Kier alpha value is -3.41. The zero-order valence-corrected chi connectivity index (χ0v) is 18.8. The van der Waals surface area contributed by atoms with Crippen molar-refractivity contribution in [2.45, 2.75) is 26.2 Å². The summed E-state index contributed by atoms with van der Waals surface area (Å²) >= 11 is 0. The molecular formula is C26H31N3O3. The molecule has 1 aliphatic heterocycles. The maximum atomic E-state index is 12.8. The fourth-order valence-corrected chi connectivity index (χ4v) is 3.93. The zero-order chi connectivity index (χ0) is 22.9. The Morgan fingerprint density at radius 3 is 2.38 bits per heavy atom. The predicted octanol–water partition coefficient (Wildman–Crippen LogP) is 3.60. The largest absolute Gasteiger partial charge is 0.339 e. The second-order valence-corrected chi connectivity index (χ2v) is 8.10. The second-order valence-electron chi connectivity index (χ2n) is 8.10. The van der Waals surface area contributed by atoms with Crippen LogP contribution in [0, 0.1) is 5.92 Å². The van der Waals surface area contributed by atoms with Crippen LogP contribution in [0.25, 0.3) is 6.08 Å². The van der Waals surface area contributed by atoms with Crippen LogP contribution in [0.1, 0.15) is 30.9 Å². The first-order valence-corrected chi connectivity index (χ1v) is 11.1. The molecule has 2 aromatic carbocycles. The molecular weight excluding hydrogens is 402 g/mol. The SMILES string of the molecule is CCc1ccccc1NC(=O)CN(C)C(=O)C1CCN(C(=O)/C=C/c2ccccc2)CC1. The van der Waals surface area contributed by atoms with Gasteiger partial charge in [-0.3, -0.25) is 14.4 Å². The first kappa shape index (κ1) is 23.3. The van der Waals surface area contributed by atoms with Gasteiger partial charge in [0.25, 0.3) is 0 Å². The number of carbonyl (C=O) groups excluding carboxylic acids is 3. The van der Waals surface area contributed by atoms with E-state index in [1.807, 2.05) is 67.6 Å². The standard InChI is InChI=1S/C26H31N3O3/c1-3-21-11-7-8-12-23(21)27-24(30)19-28(2)26(32)22-15-17-29(18-16-22)25(31)14-13-20-9-5-4-6-10-20/h4-14,22H,3,15-19H2,1-2H3,(H,27,30)/b14-13+. The summed E-state index contributed by atoms with van der Waals surface area (Å²) in [6.45, 7) is 3.13. The van der Waals surface area contributed by atoms with Crippen molar-refractivity contribution < 1.29 is 14.4 Å². The van der Waals surface area contributed by atoms with Gasteiger partial charge in [-0.15, -0.1) is 0 Å². The zero-order valence-electron chi connectivity index (χ0n) is 18.8. The molecule has 0 radical (unpaired) electrons. The van der Waals surface area contributed by atoms with Crippen LogP contribution < -0.4 is 5.32 Å². The van der Waals surface area contributed by atoms with Gasteiger partial charge in [0.05, 0.1) is 6.54 Å². The van der Waals surface area contributed by atoms with Crippen LogP contribution in [0.4, 0.5) is 5.69 Å². The Bertz CT molecular complexity index is 963. The van der Waals surface area contributed by atoms with Crippen molar-refractivity contribution in [3.8, 4) is 0 Å². The number of likely N-dealkylation sites (N-methyl/N-ethyl adjacent to an activating group) is 1. The lowest BCUT2D eigenvalue weighted by Gasteiger charge is -2.32. The fourth-order valence-electron chi connectivity index (χ4n) is 3.93. The number of carbonyl (C=O) groups is 3. The molecule has 6 heteroatoms. The number of para-hydroxylation sites is 1. The molecule has 0 bridgehead atoms. The van der Waals surface area contributed by atoms with E-state index < -0.39 is 0 Å². The van der Waals surface area contributed by atoms with Crippen molar-refractivity contribution in [2.75, 3.05) is 32.0 Å². The fraction of sp³-hybridized carbons (Fsp3) is 0.346. The smallest absolute Gasteiger partial charge is 0.246 e. The Kier molecular flexibility index (Phi) is 8.20. The van der Waals surface area contributed by atoms with Crippen LogP contribution in [-0.4, -0.2) is 54.2 Å². The molecule has 0 aliphatic carbocycles. The number of likely N-dealkylation sites (tertiary alicyclic amines) is 1. The normalized spacial score (nSPS) is 14.4. The minimum Gasteiger partial charge on any atom is -0.339 e. The molecule has 3 amide bonds. The number of rotatable bonds is 7. The summed E-state index contributed by atoms with van der Waals surface area (Å²) in [5.41, 5.74) is 2.83. The highest BCUT2D eigenvalue weighted by Gasteiger charge is 2.29. The van der Waals surface area contributed by atoms with Gasteiger partial charge in [-0.25, -0.2) is 0 Å². The molecule has 2 aromatic rings. The molecule has 32 heavy (non-hydrogen) atoms. The summed E-state index contributed by atoms with van der Waals surface area (Å²) in [6, 6.07) is 17.4. The predicted molar refractivity (Wildman–Crippen MR) is 127 cm³/mol. The van der Waals surface area contributed by atoms with Crippen LogP contribution in [0.5, 0.6) is 0 Å². The molecule has 1 aliphatic rings. The van der Waals surface area contributed by atoms with E-state index in [9.17, 15) is 14.4 Å². The minimum absolute atomic E-state index is 0.00976. The molecule has 0 saturated carbocycles. The molecule has 1 heterocycles. The summed E-state index contributed by atoms with van der Waals surface area (Å²) in [5, 5.41) is 2.91. The average molecular weight is 434 g/mol. The van der Waals surface area contributed by atoms with E-state index >= 15 is 0 Å². The second kappa shape index (κ2) is 11.3. The van der Waals surface area contributed by atoms with E-state index in [1.54, 1.807) is 18.0 Å². The quantitative estimate of drug-likeness (QED) is 0.679. The lowest BCUT2D eigenvalue weighted by Crippen LogP contribution is -2.44. The van der Waals surface area contributed by atoms with E-state index in [-0.39, 0.29) is 30.2 Å². The Balaban J connectivity index is 1.46. The van der Waals surface area contributed by atoms with Gasteiger partial charge in [0, 0.05) is 37.8 Å². The van der Waals surface area contributed by atoms with Crippen LogP contribution in [-0.2, 0) is 20.8 Å². The summed E-state index contributed by atoms with van der Waals surface area (Å²) in [7, 11) is 1.66. The first-order valence-electron chi connectivity index (χ1n) is 11.1. The number of hydrogen-bond acceptors (Lipinski definition) is 3. The van der Waals surface area contributed by atoms with Crippen molar-refractivity contribution in [2.24, 2.45) is 5.92 Å². The van der Waals surface area contributed by atoms with Crippen LogP contribution in [0.3, 0.4) is 0 Å². The molecule has 0 unspecified atom stereocenters. The number of hydrogen-bond donors (Lipinski definition) is 1. The maximum absolute atomic E-state index is 12.8. The van der Waals surface area contributed by atoms with Gasteiger partial charge in [0.2, 0.25) is 17.7 Å². The number of amides is 3. The maximum Gasteiger partial charge on any atom is 0.246 e. The number of piperidine rings is 1. The van der Waals surface area contributed by atoms with Gasteiger partial charge in [-0.2, -0.15) is 0 Å². The summed E-state index contributed by atoms with van der Waals surface area (Å²) in [6.07, 6.45) is 5.43. The molecule has 1 saturated heterocycles. The van der Waals surface area contributed by atoms with Gasteiger partial charge >= 0.3 is 0 Å². The van der Waals surface area contributed by atoms with E-state index in [4.69, 9.17) is 0 Å². The van der Waals surface area contributed by atoms with Crippen LogP contribution in [0.15, 0.2) is 60.7 Å². The van der Waals surface area contributed by atoms with Crippen LogP contribution in [0.2, 0.25) is 0 Å². The molecule has 1 fully saturated rings. The van der Waals surface area contributed by atoms with E-state index in [2.05, 4.69) is 5.32 Å². The topological polar surface area (TPSA) is 69.7 Å². The molecule has 0 aromatic heterocycles. The number of benzene rings is 2. The van der Waals surface area contributed by atoms with Crippen molar-refractivity contribution >= 4 is 29.5 Å². The summed E-state index contributed by atoms with van der Waals surface area (Å²) in [5.74, 6) is -0.462. The molecule has 6 nitrogen and oxygen atoms in total. The Morgan fingerprint density at radius 2 is 1.69 bits per heavy atom. The molecule has 0 atom stereocenters. The Labute approximate surface area is 189 Å². The first-order chi connectivity index (χ1) is 15.5. The lowest BCUT2D eigenvalue weighted by molar-refractivity contribution is -0.140. The summed E-state index contributed by atoms with van der Waals surface area (Å²) in [4.78, 5) is 41.0. The van der Waals surface area contributed by atoms with E-state index in [0.29, 0.717) is 25.9 Å². The highest BCUT2D eigenvalue weighted by Crippen LogP contribution is 2.20.